The molecular formula is C42H39F2N6O8P. The molecule has 3 fully saturated rings. The minimum Gasteiger partial charge on any atom is -0.355 e. The lowest BCUT2D eigenvalue weighted by atomic mass is 9.90. The third-order valence-electron chi connectivity index (χ3n) is 11.7. The number of rotatable bonds is 7. The Labute approximate surface area is 336 Å². The number of nitriles is 1. The molecule has 59 heavy (non-hydrogen) atoms. The predicted octanol–water partition coefficient (Wildman–Crippen LogP) is 5.29. The van der Waals surface area contributed by atoms with Crippen LogP contribution >= 0.6 is 7.60 Å². The van der Waals surface area contributed by atoms with Crippen LogP contribution in [0.15, 0.2) is 89.5 Å². The summed E-state index contributed by atoms with van der Waals surface area (Å²) in [5.74, 6) is -2.90. The fourth-order valence-corrected chi connectivity index (χ4v) is 9.09. The number of halogens is 2. The van der Waals surface area contributed by atoms with Crippen LogP contribution in [0.1, 0.15) is 62.7 Å². The maximum absolute atomic E-state index is 14.8. The quantitative estimate of drug-likeness (QED) is 0.182. The van der Waals surface area contributed by atoms with Gasteiger partial charge in [0.05, 0.1) is 23.9 Å². The van der Waals surface area contributed by atoms with E-state index in [1.807, 2.05) is 43.3 Å². The van der Waals surface area contributed by atoms with E-state index in [4.69, 9.17) is 4.52 Å². The number of nitrogens with one attached hydrogen (secondary N) is 1. The molecule has 14 nitrogen and oxygen atoms in total. The van der Waals surface area contributed by atoms with Crippen LogP contribution < -0.4 is 5.32 Å². The van der Waals surface area contributed by atoms with Crippen molar-refractivity contribution in [1.82, 2.24) is 25.2 Å². The maximum Gasteiger partial charge on any atom is 0.399 e. The summed E-state index contributed by atoms with van der Waals surface area (Å²) < 4.78 is 46.3. The molecule has 0 saturated carbocycles. The van der Waals surface area contributed by atoms with Crippen molar-refractivity contribution in [2.75, 3.05) is 26.2 Å². The molecule has 304 valence electrons. The number of benzene rings is 4. The SMILES string of the molecule is Cc1ccc2onc(C(=O)N3CC[C@H]4CC[C@@H](C(=O)N5C[C@@H](C#N)[C@H](c6ccccc6)C5)N4C(=O)[C@@H](NC(=O)c4ccc5ccc(C(F)(F)P(=O)(O)O)cc5c4)C3)c2c1. The number of likely N-dealkylation sites (tertiary alicyclic amines) is 1. The van der Waals surface area contributed by atoms with E-state index in [2.05, 4.69) is 16.5 Å². The molecule has 0 unspecified atom stereocenters. The van der Waals surface area contributed by atoms with Gasteiger partial charge in [-0.25, -0.2) is 0 Å². The largest absolute Gasteiger partial charge is 0.399 e. The van der Waals surface area contributed by atoms with Gasteiger partial charge < -0.3 is 34.3 Å². The van der Waals surface area contributed by atoms with Gasteiger partial charge in [-0.05, 0) is 72.9 Å². The van der Waals surface area contributed by atoms with Gasteiger partial charge in [-0.15, -0.1) is 0 Å². The fraction of sp³-hybridized carbons (Fsp3) is 0.333. The summed E-state index contributed by atoms with van der Waals surface area (Å²) in [6, 6.07) is 21.5. The zero-order valence-corrected chi connectivity index (χ0v) is 32.6. The number of hydrogen-bond acceptors (Lipinski definition) is 8. The average Bonchev–Trinajstić information content (AvgIpc) is 3.97. The van der Waals surface area contributed by atoms with E-state index < -0.39 is 60.6 Å². The van der Waals surface area contributed by atoms with Crippen LogP contribution in [0, 0.1) is 24.2 Å². The summed E-state index contributed by atoms with van der Waals surface area (Å²) in [7, 11) is -5.88. The molecule has 3 N–H and O–H groups in total. The Morgan fingerprint density at radius 3 is 2.44 bits per heavy atom. The molecule has 0 bridgehead atoms. The Bertz CT molecular complexity index is 2590. The molecule has 4 heterocycles. The maximum atomic E-state index is 14.8. The number of amides is 4. The van der Waals surface area contributed by atoms with Crippen LogP contribution in [0.4, 0.5) is 8.78 Å². The Morgan fingerprint density at radius 2 is 1.69 bits per heavy atom. The summed E-state index contributed by atoms with van der Waals surface area (Å²) in [5.41, 5.74) is -3.26. The molecule has 5 aromatic rings. The summed E-state index contributed by atoms with van der Waals surface area (Å²) in [6.45, 7) is 2.17. The van der Waals surface area contributed by atoms with Crippen molar-refractivity contribution in [3.05, 3.63) is 113 Å². The molecule has 0 aliphatic carbocycles. The van der Waals surface area contributed by atoms with Crippen molar-refractivity contribution in [3.8, 4) is 6.07 Å². The summed E-state index contributed by atoms with van der Waals surface area (Å²) in [6.07, 6.45) is 1.10. The molecular weight excluding hydrogens is 785 g/mol. The Balaban J connectivity index is 1.10. The second kappa shape index (κ2) is 15.3. The monoisotopic (exact) mass is 824 g/mol. The molecule has 1 aromatic heterocycles. The number of hydrogen-bond donors (Lipinski definition) is 3. The third-order valence-corrected chi connectivity index (χ3v) is 12.7. The number of aromatic nitrogens is 1. The number of aryl methyl sites for hydroxylation is 1. The van der Waals surface area contributed by atoms with E-state index in [9.17, 15) is 47.6 Å². The van der Waals surface area contributed by atoms with E-state index in [0.29, 0.717) is 42.2 Å². The van der Waals surface area contributed by atoms with Crippen LogP contribution in [0.5, 0.6) is 0 Å². The highest BCUT2D eigenvalue weighted by atomic mass is 31.2. The Hall–Kier alpha value is -6.01. The van der Waals surface area contributed by atoms with E-state index >= 15 is 0 Å². The van der Waals surface area contributed by atoms with Crippen molar-refractivity contribution < 1.29 is 46.8 Å². The first-order valence-corrected chi connectivity index (χ1v) is 20.8. The van der Waals surface area contributed by atoms with Gasteiger partial charge in [-0.2, -0.15) is 14.0 Å². The lowest BCUT2D eigenvalue weighted by molar-refractivity contribution is -0.147. The van der Waals surface area contributed by atoms with Gasteiger partial charge in [0.15, 0.2) is 11.3 Å². The molecule has 17 heteroatoms. The molecule has 3 aliphatic rings. The van der Waals surface area contributed by atoms with Gasteiger partial charge in [-0.3, -0.25) is 23.7 Å². The van der Waals surface area contributed by atoms with E-state index in [1.54, 1.807) is 17.0 Å². The Kier molecular flexibility index (Phi) is 10.3. The van der Waals surface area contributed by atoms with Crippen LogP contribution in [-0.2, 0) is 19.8 Å². The minimum atomic E-state index is -5.88. The normalized spacial score (nSPS) is 22.5. The molecule has 5 atom stereocenters. The van der Waals surface area contributed by atoms with Crippen molar-refractivity contribution >= 4 is 53.0 Å². The van der Waals surface area contributed by atoms with Crippen molar-refractivity contribution in [2.24, 2.45) is 5.92 Å². The molecule has 4 aromatic carbocycles. The first kappa shape index (κ1) is 39.8. The average molecular weight is 825 g/mol. The molecule has 3 aliphatic heterocycles. The molecule has 0 radical (unpaired) electrons. The highest BCUT2D eigenvalue weighted by molar-refractivity contribution is 7.52. The lowest BCUT2D eigenvalue weighted by Gasteiger charge is -2.39. The second-order valence-electron chi connectivity index (χ2n) is 15.4. The van der Waals surface area contributed by atoms with Crippen molar-refractivity contribution in [3.63, 3.8) is 0 Å². The number of alkyl halides is 2. The summed E-state index contributed by atoms with van der Waals surface area (Å²) >= 11 is 0. The number of nitrogens with zero attached hydrogens (tertiary/aromatic N) is 5. The van der Waals surface area contributed by atoms with Gasteiger partial charge >= 0.3 is 13.3 Å². The smallest absolute Gasteiger partial charge is 0.355 e. The van der Waals surface area contributed by atoms with Gasteiger partial charge in [0.2, 0.25) is 11.8 Å². The van der Waals surface area contributed by atoms with Crippen LogP contribution in [0.3, 0.4) is 0 Å². The van der Waals surface area contributed by atoms with Crippen LogP contribution in [0.25, 0.3) is 21.7 Å². The zero-order chi connectivity index (χ0) is 41.8. The standard InChI is InChI=1S/C42H39F2N6O8P/c1-24-7-14-36-32(17-24)37(47-58-36)41(54)48-16-15-31-12-13-35(40(53)49-21-29(20-45)33(22-49)26-5-3-2-4-6-26)50(31)39(52)34(23-48)46-38(51)27-9-8-25-10-11-30(19-28(25)18-27)42(43,44)59(55,56)57/h2-11,14,17-19,29,31,33-35H,12-13,15-16,21-23H2,1H3,(H,46,51)(H2,55,56,57)/t29-,31-,33+,34+,35+/m1/s1. The molecule has 3 saturated heterocycles. The topological polar surface area (TPSA) is 197 Å². The van der Waals surface area contributed by atoms with Crippen LogP contribution in [-0.4, -0.2) is 97.6 Å². The van der Waals surface area contributed by atoms with E-state index in [-0.39, 0.29) is 48.1 Å². The number of fused-ring (bicyclic) bond motifs is 3. The minimum absolute atomic E-state index is 0.0321. The first-order valence-electron chi connectivity index (χ1n) is 19.1. The second-order valence-corrected chi connectivity index (χ2v) is 17.1. The summed E-state index contributed by atoms with van der Waals surface area (Å²) in [5, 5.41) is 17.8. The van der Waals surface area contributed by atoms with Gasteiger partial charge in [0.25, 0.3) is 11.8 Å². The van der Waals surface area contributed by atoms with Crippen molar-refractivity contribution in [2.45, 2.75) is 55.9 Å². The summed E-state index contributed by atoms with van der Waals surface area (Å²) in [4.78, 5) is 80.5. The highest BCUT2D eigenvalue weighted by Gasteiger charge is 2.51. The predicted molar refractivity (Wildman–Crippen MR) is 209 cm³/mol. The Morgan fingerprint density at radius 1 is 0.932 bits per heavy atom. The molecule has 4 amide bonds. The first-order chi connectivity index (χ1) is 28.1. The van der Waals surface area contributed by atoms with Gasteiger partial charge in [-0.1, -0.05) is 65.3 Å². The van der Waals surface area contributed by atoms with E-state index in [1.165, 1.54) is 34.1 Å². The molecule has 0 spiro atoms. The number of carbonyl (C=O) groups is 4. The number of carbonyl (C=O) groups excluding carboxylic acids is 4. The zero-order valence-electron chi connectivity index (χ0n) is 31.7. The van der Waals surface area contributed by atoms with Crippen LogP contribution in [0.2, 0.25) is 0 Å². The van der Waals surface area contributed by atoms with Crippen molar-refractivity contribution in [1.29, 1.82) is 5.26 Å². The van der Waals surface area contributed by atoms with Gasteiger partial charge in [0, 0.05) is 42.7 Å². The van der Waals surface area contributed by atoms with E-state index in [0.717, 1.165) is 23.3 Å². The van der Waals surface area contributed by atoms with Gasteiger partial charge in [0.1, 0.15) is 12.1 Å². The lowest BCUT2D eigenvalue weighted by Crippen LogP contribution is -2.61. The fourth-order valence-electron chi connectivity index (χ4n) is 8.61. The third kappa shape index (κ3) is 7.35. The molecule has 8 rings (SSSR count). The highest BCUT2D eigenvalue weighted by Crippen LogP contribution is 2.59.